The molecule has 0 aromatic heterocycles. The van der Waals surface area contributed by atoms with E-state index in [1.54, 1.807) is 7.05 Å². The standard InChI is InChI=1S/C23H29N3O2/c1-15-7-6-9-19(16(15)2)14-26-21-10-5-4-8-17(21)11-12-18(23(26)28)13-20(25-3)22(24)27/h4-10,18,20,25H,11-14H2,1-3H3,(H2,24,27)/t18-,20-/m0/s1. The van der Waals surface area contributed by atoms with E-state index in [0.717, 1.165) is 17.7 Å². The maximum absolute atomic E-state index is 13.5. The minimum Gasteiger partial charge on any atom is -0.368 e. The molecule has 0 unspecified atom stereocenters. The van der Waals surface area contributed by atoms with E-state index in [1.807, 2.05) is 29.2 Å². The third kappa shape index (κ3) is 4.09. The number of para-hydroxylation sites is 1. The molecule has 0 saturated carbocycles. The molecule has 3 rings (SSSR count). The van der Waals surface area contributed by atoms with Crippen LogP contribution in [0.2, 0.25) is 0 Å². The van der Waals surface area contributed by atoms with Crippen LogP contribution >= 0.6 is 0 Å². The minimum atomic E-state index is -0.502. The number of carbonyl (C=O) groups is 2. The predicted octanol–water partition coefficient (Wildman–Crippen LogP) is 2.86. The summed E-state index contributed by atoms with van der Waals surface area (Å²) in [5.74, 6) is -0.604. The maximum atomic E-state index is 13.5. The van der Waals surface area contributed by atoms with E-state index in [1.165, 1.54) is 16.7 Å². The summed E-state index contributed by atoms with van der Waals surface area (Å²) in [5.41, 5.74) is 11.2. The Morgan fingerprint density at radius 3 is 2.68 bits per heavy atom. The van der Waals surface area contributed by atoms with Gasteiger partial charge in [0.25, 0.3) is 0 Å². The highest BCUT2D eigenvalue weighted by Crippen LogP contribution is 2.33. The molecule has 1 aliphatic heterocycles. The minimum absolute atomic E-state index is 0.0624. The van der Waals surface area contributed by atoms with E-state index < -0.39 is 11.9 Å². The number of amides is 2. The predicted molar refractivity (Wildman–Crippen MR) is 112 cm³/mol. The van der Waals surface area contributed by atoms with Crippen molar-refractivity contribution in [1.29, 1.82) is 0 Å². The Morgan fingerprint density at radius 1 is 1.21 bits per heavy atom. The number of primary amides is 1. The van der Waals surface area contributed by atoms with Crippen molar-refractivity contribution in [2.24, 2.45) is 11.7 Å². The van der Waals surface area contributed by atoms with Crippen LogP contribution in [0.15, 0.2) is 42.5 Å². The van der Waals surface area contributed by atoms with Crippen molar-refractivity contribution in [2.45, 2.75) is 45.7 Å². The largest absolute Gasteiger partial charge is 0.368 e. The quantitative estimate of drug-likeness (QED) is 0.810. The molecule has 2 aromatic carbocycles. The number of hydrogen-bond acceptors (Lipinski definition) is 3. The Balaban J connectivity index is 1.96. The van der Waals surface area contributed by atoms with E-state index in [0.29, 0.717) is 19.4 Å². The molecule has 0 radical (unpaired) electrons. The fourth-order valence-electron chi connectivity index (χ4n) is 3.97. The smallest absolute Gasteiger partial charge is 0.234 e. The van der Waals surface area contributed by atoms with E-state index in [4.69, 9.17) is 5.73 Å². The summed E-state index contributed by atoms with van der Waals surface area (Å²) in [5, 5.41) is 2.95. The molecule has 0 fully saturated rings. The molecule has 0 saturated heterocycles. The Labute approximate surface area is 166 Å². The van der Waals surface area contributed by atoms with Gasteiger partial charge in [0.15, 0.2) is 0 Å². The van der Waals surface area contributed by atoms with Gasteiger partial charge in [-0.25, -0.2) is 0 Å². The van der Waals surface area contributed by atoms with Crippen LogP contribution in [0.1, 0.15) is 35.1 Å². The SMILES string of the molecule is CN[C@@H](C[C@@H]1CCc2ccccc2N(Cc2cccc(C)c2C)C1=O)C(N)=O. The summed E-state index contributed by atoms with van der Waals surface area (Å²) in [7, 11) is 1.71. The molecule has 148 valence electrons. The van der Waals surface area contributed by atoms with Crippen LogP contribution in [-0.2, 0) is 22.6 Å². The number of nitrogens with zero attached hydrogens (tertiary/aromatic N) is 1. The number of aryl methyl sites for hydroxylation is 2. The van der Waals surface area contributed by atoms with Gasteiger partial charge in [-0.05, 0) is 68.5 Å². The zero-order valence-corrected chi connectivity index (χ0v) is 16.9. The number of anilines is 1. The number of carbonyl (C=O) groups excluding carboxylic acids is 2. The summed E-state index contributed by atoms with van der Waals surface area (Å²) >= 11 is 0. The van der Waals surface area contributed by atoms with Gasteiger partial charge in [0.05, 0.1) is 12.6 Å². The van der Waals surface area contributed by atoms with Crippen molar-refractivity contribution in [1.82, 2.24) is 5.32 Å². The first-order chi connectivity index (χ1) is 13.4. The summed E-state index contributed by atoms with van der Waals surface area (Å²) in [6, 6.07) is 13.8. The van der Waals surface area contributed by atoms with E-state index >= 15 is 0 Å². The molecular weight excluding hydrogens is 350 g/mol. The molecular formula is C23H29N3O2. The van der Waals surface area contributed by atoms with Gasteiger partial charge in [0, 0.05) is 11.6 Å². The Kier molecular flexibility index (Phi) is 6.15. The van der Waals surface area contributed by atoms with Crippen LogP contribution in [0.5, 0.6) is 0 Å². The zero-order chi connectivity index (χ0) is 20.3. The molecule has 0 aliphatic carbocycles. The van der Waals surface area contributed by atoms with E-state index in [-0.39, 0.29) is 11.8 Å². The van der Waals surface area contributed by atoms with E-state index in [9.17, 15) is 9.59 Å². The van der Waals surface area contributed by atoms with Crippen LogP contribution in [0.3, 0.4) is 0 Å². The van der Waals surface area contributed by atoms with Crippen molar-refractivity contribution in [3.63, 3.8) is 0 Å². The molecule has 2 aromatic rings. The molecule has 5 heteroatoms. The number of benzene rings is 2. The molecule has 1 heterocycles. The van der Waals surface area contributed by atoms with Crippen molar-refractivity contribution in [3.8, 4) is 0 Å². The number of hydrogen-bond donors (Lipinski definition) is 2. The lowest BCUT2D eigenvalue weighted by molar-refractivity contribution is -0.124. The van der Waals surface area contributed by atoms with Gasteiger partial charge in [0.1, 0.15) is 0 Å². The van der Waals surface area contributed by atoms with Gasteiger partial charge in [0.2, 0.25) is 11.8 Å². The molecule has 0 spiro atoms. The highest BCUT2D eigenvalue weighted by Gasteiger charge is 2.33. The molecule has 5 nitrogen and oxygen atoms in total. The first-order valence-corrected chi connectivity index (χ1v) is 9.83. The second-order valence-corrected chi connectivity index (χ2v) is 7.63. The maximum Gasteiger partial charge on any atom is 0.234 e. The summed E-state index contributed by atoms with van der Waals surface area (Å²) in [6.45, 7) is 4.71. The fourth-order valence-corrected chi connectivity index (χ4v) is 3.97. The van der Waals surface area contributed by atoms with Gasteiger partial charge in [-0.3, -0.25) is 9.59 Å². The molecule has 1 aliphatic rings. The molecule has 2 atom stereocenters. The second-order valence-electron chi connectivity index (χ2n) is 7.63. The van der Waals surface area contributed by atoms with Crippen molar-refractivity contribution in [3.05, 3.63) is 64.7 Å². The van der Waals surface area contributed by atoms with E-state index in [2.05, 4.69) is 37.4 Å². The number of fused-ring (bicyclic) bond motifs is 1. The van der Waals surface area contributed by atoms with Crippen molar-refractivity contribution < 1.29 is 9.59 Å². The van der Waals surface area contributed by atoms with Crippen LogP contribution in [0, 0.1) is 19.8 Å². The van der Waals surface area contributed by atoms with Crippen LogP contribution in [0.25, 0.3) is 0 Å². The zero-order valence-electron chi connectivity index (χ0n) is 16.9. The highest BCUT2D eigenvalue weighted by atomic mass is 16.2. The number of rotatable bonds is 6. The topological polar surface area (TPSA) is 75.4 Å². The third-order valence-electron chi connectivity index (χ3n) is 5.92. The van der Waals surface area contributed by atoms with Crippen LogP contribution < -0.4 is 16.0 Å². The average Bonchev–Trinajstić information content (AvgIpc) is 2.81. The second kappa shape index (κ2) is 8.57. The number of likely N-dealkylation sites (N-methyl/N-ethyl adjacent to an activating group) is 1. The lowest BCUT2D eigenvalue weighted by atomic mass is 9.93. The summed E-state index contributed by atoms with van der Waals surface area (Å²) in [6.07, 6.45) is 1.94. The average molecular weight is 380 g/mol. The van der Waals surface area contributed by atoms with Gasteiger partial charge in [-0.15, -0.1) is 0 Å². The molecule has 3 N–H and O–H groups in total. The lowest BCUT2D eigenvalue weighted by Gasteiger charge is -2.28. The van der Waals surface area contributed by atoms with Gasteiger partial charge in [-0.2, -0.15) is 0 Å². The van der Waals surface area contributed by atoms with Gasteiger partial charge in [-0.1, -0.05) is 36.4 Å². The van der Waals surface area contributed by atoms with Gasteiger partial charge < -0.3 is 16.0 Å². The monoisotopic (exact) mass is 379 g/mol. The molecule has 28 heavy (non-hydrogen) atoms. The van der Waals surface area contributed by atoms with Crippen LogP contribution in [-0.4, -0.2) is 24.9 Å². The summed E-state index contributed by atoms with van der Waals surface area (Å²) < 4.78 is 0. The van der Waals surface area contributed by atoms with Crippen LogP contribution in [0.4, 0.5) is 5.69 Å². The normalized spacial score (nSPS) is 17.8. The first kappa shape index (κ1) is 20.1. The van der Waals surface area contributed by atoms with Gasteiger partial charge >= 0.3 is 0 Å². The first-order valence-electron chi connectivity index (χ1n) is 9.83. The Hall–Kier alpha value is -2.66. The number of nitrogens with two attached hydrogens (primary N) is 1. The summed E-state index contributed by atoms with van der Waals surface area (Å²) in [4.78, 5) is 27.1. The Bertz CT molecular complexity index is 878. The molecule has 2 amide bonds. The Morgan fingerprint density at radius 2 is 1.96 bits per heavy atom. The van der Waals surface area contributed by atoms with Crippen molar-refractivity contribution >= 4 is 17.5 Å². The fraction of sp³-hybridized carbons (Fsp3) is 0.391. The molecule has 0 bridgehead atoms. The lowest BCUT2D eigenvalue weighted by Crippen LogP contribution is -2.44. The van der Waals surface area contributed by atoms with Crippen molar-refractivity contribution in [2.75, 3.05) is 11.9 Å². The number of nitrogens with one attached hydrogen (secondary N) is 1. The third-order valence-corrected chi connectivity index (χ3v) is 5.92. The highest BCUT2D eigenvalue weighted by molar-refractivity contribution is 5.97.